The molecule has 4 rings (SSSR count). The van der Waals surface area contributed by atoms with Gasteiger partial charge < -0.3 is 28.7 Å². The van der Waals surface area contributed by atoms with Gasteiger partial charge in [0.25, 0.3) is 7.82 Å². The fraction of sp³-hybridized carbons (Fsp3) is 0.611. The predicted molar refractivity (Wildman–Crippen MR) is 106 cm³/mol. The molecule has 15 heteroatoms. The molecule has 0 aliphatic carbocycles. The summed E-state index contributed by atoms with van der Waals surface area (Å²) < 4.78 is 34.7. The zero-order chi connectivity index (χ0) is 22.9. The van der Waals surface area contributed by atoms with Crippen molar-refractivity contribution >= 4 is 36.7 Å². The zero-order valence-electron chi connectivity index (χ0n) is 18.5. The summed E-state index contributed by atoms with van der Waals surface area (Å²) in [7, 11) is -4.55. The van der Waals surface area contributed by atoms with Gasteiger partial charge >= 0.3 is 35.5 Å². The quantitative estimate of drug-likeness (QED) is 0.260. The fourth-order valence-corrected chi connectivity index (χ4v) is 4.57. The summed E-state index contributed by atoms with van der Waals surface area (Å²) in [5.74, 6) is -0.506. The van der Waals surface area contributed by atoms with Gasteiger partial charge in [-0.2, -0.15) is 0 Å². The molecule has 33 heavy (non-hydrogen) atoms. The van der Waals surface area contributed by atoms with Crippen molar-refractivity contribution < 1.29 is 67.1 Å². The molecular weight excluding hydrogens is 468 g/mol. The number of nitrogens with one attached hydrogen (secondary N) is 1. The van der Waals surface area contributed by atoms with Gasteiger partial charge in [0, 0.05) is 12.8 Å². The largest absolute Gasteiger partial charge is 1.00 e. The van der Waals surface area contributed by atoms with E-state index in [2.05, 4.69) is 20.3 Å². The summed E-state index contributed by atoms with van der Waals surface area (Å²) in [6.45, 7) is 3.43. The van der Waals surface area contributed by atoms with Crippen molar-refractivity contribution in [1.82, 2.24) is 19.5 Å². The van der Waals surface area contributed by atoms with E-state index < -0.39 is 38.3 Å². The molecule has 0 radical (unpaired) electrons. The Hall–Kier alpha value is -1.44. The summed E-state index contributed by atoms with van der Waals surface area (Å²) in [4.78, 5) is 48.7. The number of fused-ring (bicyclic) bond motifs is 2. The standard InChI is InChI=1S/C18H24N5O8P.Na/c1-3-5-11(24)22-16-13-17(20-8-19-16)23(9-21-13)18-15(30-12(25)6-4-2)14-10(29-18)7-28-32(26,27)31-14;/h8-10,14-15,18H,3-7H2,1-2H3,(H,26,27)(H,19,20,22,24);/q;+1/p-1/t10-,14+,15+,18-;/m0./s1. The first-order chi connectivity index (χ1) is 15.3. The van der Waals surface area contributed by atoms with Crippen LogP contribution in [0.25, 0.3) is 11.2 Å². The van der Waals surface area contributed by atoms with Crippen LogP contribution in [0.2, 0.25) is 0 Å². The van der Waals surface area contributed by atoms with Gasteiger partial charge in [-0.25, -0.2) is 15.0 Å². The number of anilines is 1. The fourth-order valence-electron chi connectivity index (χ4n) is 3.63. The number of rotatable bonds is 7. The number of phosphoric acid groups is 1. The van der Waals surface area contributed by atoms with E-state index in [0.29, 0.717) is 30.4 Å². The van der Waals surface area contributed by atoms with Crippen LogP contribution in [0.4, 0.5) is 5.82 Å². The molecule has 2 saturated heterocycles. The van der Waals surface area contributed by atoms with Gasteiger partial charge in [-0.3, -0.25) is 18.7 Å². The van der Waals surface area contributed by atoms with Gasteiger partial charge in [0.2, 0.25) is 5.91 Å². The number of nitrogens with zero attached hydrogens (tertiary/aromatic N) is 4. The number of imidazole rings is 1. The van der Waals surface area contributed by atoms with Crippen molar-refractivity contribution in [3.63, 3.8) is 0 Å². The molecule has 2 aromatic rings. The molecule has 1 unspecified atom stereocenters. The minimum absolute atomic E-state index is 0. The van der Waals surface area contributed by atoms with E-state index in [1.807, 2.05) is 13.8 Å². The van der Waals surface area contributed by atoms with Gasteiger partial charge in [0.15, 0.2) is 29.3 Å². The summed E-state index contributed by atoms with van der Waals surface area (Å²) >= 11 is 0. The van der Waals surface area contributed by atoms with Crippen LogP contribution in [0, 0.1) is 0 Å². The number of ether oxygens (including phenoxy) is 2. The Kier molecular flexibility index (Phi) is 8.62. The first-order valence-corrected chi connectivity index (χ1v) is 11.7. The van der Waals surface area contributed by atoms with Crippen LogP contribution in [0.15, 0.2) is 12.7 Å². The monoisotopic (exact) mass is 491 g/mol. The van der Waals surface area contributed by atoms with E-state index in [4.69, 9.17) is 18.5 Å². The van der Waals surface area contributed by atoms with Crippen LogP contribution >= 0.6 is 7.82 Å². The Balaban J connectivity index is 0.00000306. The van der Waals surface area contributed by atoms with Crippen LogP contribution in [0.1, 0.15) is 45.8 Å². The Morgan fingerprint density at radius 1 is 1.27 bits per heavy atom. The first kappa shape index (κ1) is 26.2. The molecule has 174 valence electrons. The molecule has 0 saturated carbocycles. The van der Waals surface area contributed by atoms with Crippen LogP contribution in [-0.2, 0) is 32.7 Å². The van der Waals surface area contributed by atoms with Crippen LogP contribution in [0.3, 0.4) is 0 Å². The molecule has 1 amide bonds. The van der Waals surface area contributed by atoms with Gasteiger partial charge in [-0.15, -0.1) is 0 Å². The molecule has 2 aliphatic rings. The minimum Gasteiger partial charge on any atom is -0.756 e. The number of phosphoric ester groups is 1. The van der Waals surface area contributed by atoms with Crippen molar-refractivity contribution in [2.24, 2.45) is 0 Å². The maximum atomic E-state index is 12.2. The second-order valence-corrected chi connectivity index (χ2v) is 8.79. The van der Waals surface area contributed by atoms with Crippen molar-refractivity contribution in [1.29, 1.82) is 0 Å². The van der Waals surface area contributed by atoms with Gasteiger partial charge in [0.1, 0.15) is 18.5 Å². The summed E-state index contributed by atoms with van der Waals surface area (Å²) in [5.41, 5.74) is 0.610. The van der Waals surface area contributed by atoms with Crippen LogP contribution in [0.5, 0.6) is 0 Å². The van der Waals surface area contributed by atoms with Crippen molar-refractivity contribution in [3.05, 3.63) is 12.7 Å². The third-order valence-electron chi connectivity index (χ3n) is 5.02. The maximum absolute atomic E-state index is 12.2. The van der Waals surface area contributed by atoms with E-state index in [1.54, 1.807) is 0 Å². The molecule has 0 aromatic carbocycles. The number of amides is 1. The van der Waals surface area contributed by atoms with Crippen molar-refractivity contribution in [2.45, 2.75) is 64.1 Å². The minimum atomic E-state index is -4.55. The Bertz CT molecular complexity index is 1070. The van der Waals surface area contributed by atoms with E-state index in [0.717, 1.165) is 0 Å². The van der Waals surface area contributed by atoms with Gasteiger partial charge in [0.05, 0.1) is 12.9 Å². The number of esters is 1. The molecule has 2 fully saturated rings. The number of aromatic nitrogens is 4. The third kappa shape index (κ3) is 5.63. The Labute approximate surface area is 211 Å². The summed E-state index contributed by atoms with van der Waals surface area (Å²) in [5, 5.41) is 2.70. The van der Waals surface area contributed by atoms with E-state index in [-0.39, 0.29) is 54.3 Å². The third-order valence-corrected chi connectivity index (χ3v) is 5.99. The zero-order valence-corrected chi connectivity index (χ0v) is 21.4. The smallest absolute Gasteiger partial charge is 0.756 e. The van der Waals surface area contributed by atoms with Gasteiger partial charge in [-0.05, 0) is 12.8 Å². The summed E-state index contributed by atoms with van der Waals surface area (Å²) in [6, 6.07) is 0. The average molecular weight is 491 g/mol. The molecule has 13 nitrogen and oxygen atoms in total. The molecule has 5 atom stereocenters. The predicted octanol–water partition coefficient (Wildman–Crippen LogP) is -1.94. The number of carbonyl (C=O) groups is 2. The van der Waals surface area contributed by atoms with Gasteiger partial charge in [-0.1, -0.05) is 13.8 Å². The van der Waals surface area contributed by atoms with E-state index in [9.17, 15) is 19.0 Å². The van der Waals surface area contributed by atoms with Crippen molar-refractivity contribution in [3.8, 4) is 0 Å². The van der Waals surface area contributed by atoms with Crippen molar-refractivity contribution in [2.75, 3.05) is 11.9 Å². The molecule has 2 aliphatic heterocycles. The van der Waals surface area contributed by atoms with E-state index >= 15 is 0 Å². The Morgan fingerprint density at radius 2 is 2.03 bits per heavy atom. The number of hydrogen-bond acceptors (Lipinski definition) is 11. The van der Waals surface area contributed by atoms with Crippen LogP contribution in [-0.4, -0.2) is 56.3 Å². The maximum Gasteiger partial charge on any atom is 1.00 e. The molecular formula is C18H23N5NaO8P. The average Bonchev–Trinajstić information content (AvgIpc) is 3.30. The molecule has 2 aromatic heterocycles. The van der Waals surface area contributed by atoms with E-state index in [1.165, 1.54) is 17.2 Å². The van der Waals surface area contributed by atoms with Crippen LogP contribution < -0.4 is 39.8 Å². The topological polar surface area (TPSA) is 167 Å². The first-order valence-electron chi connectivity index (χ1n) is 10.3. The second-order valence-electron chi connectivity index (χ2n) is 7.43. The number of carbonyl (C=O) groups excluding carboxylic acids is 2. The number of hydrogen-bond donors (Lipinski definition) is 1. The molecule has 4 heterocycles. The molecule has 1 N–H and O–H groups in total. The molecule has 0 spiro atoms. The normalized spacial score (nSPS) is 28.7. The Morgan fingerprint density at radius 3 is 2.76 bits per heavy atom. The second kappa shape index (κ2) is 10.9. The SMILES string of the molecule is CCCC(=O)Nc1ncnc2c1ncn2[C@H]1O[C@H]2COP(=O)([O-])O[C@H]2[C@H]1OC(=O)CCC.[Na+]. The summed E-state index contributed by atoms with van der Waals surface area (Å²) in [6.07, 6.45) is 0.404. The molecule has 0 bridgehead atoms.